The zero-order chi connectivity index (χ0) is 7.56. The highest BCUT2D eigenvalue weighted by Crippen LogP contribution is 2.29. The van der Waals surface area contributed by atoms with Crippen molar-refractivity contribution in [2.75, 3.05) is 0 Å². The normalized spacial score (nSPS) is 9.20. The molecule has 0 aromatic rings. The Morgan fingerprint density at radius 2 is 1.20 bits per heavy atom. The van der Waals surface area contributed by atoms with Crippen molar-refractivity contribution in [3.63, 3.8) is 0 Å². The summed E-state index contributed by atoms with van der Waals surface area (Å²) in [5.74, 6) is -0.333. The highest BCUT2D eigenvalue weighted by molar-refractivity contribution is 5.75. The van der Waals surface area contributed by atoms with Gasteiger partial charge in [0.15, 0.2) is 5.96 Å². The molecule has 0 aromatic carbocycles. The average molecular weight is 135 g/mol. The zero-order valence-corrected chi connectivity index (χ0v) is 5.46. The third-order valence-electron chi connectivity index (χ3n) is 1.22. The quantitative estimate of drug-likeness (QED) is 0.363. The third kappa shape index (κ3) is 1.25. The van der Waals surface area contributed by atoms with Gasteiger partial charge in [-0.05, 0) is 11.1 Å². The minimum absolute atomic E-state index is 0.333. The van der Waals surface area contributed by atoms with E-state index in [9.17, 15) is 0 Å². The molecule has 0 radical (unpaired) electrons. The Morgan fingerprint density at radius 3 is 1.20 bits per heavy atom. The van der Waals surface area contributed by atoms with Gasteiger partial charge in [0.2, 0.25) is 0 Å². The van der Waals surface area contributed by atoms with Crippen molar-refractivity contribution >= 4 is 5.96 Å². The van der Waals surface area contributed by atoms with Crippen LogP contribution in [0.4, 0.5) is 0 Å². The first-order valence-electron chi connectivity index (χ1n) is 2.90. The molecule has 0 aromatic heterocycles. The monoisotopic (exact) mass is 135 g/mol. The molecule has 0 spiro atoms. The zero-order valence-electron chi connectivity index (χ0n) is 5.46. The molecule has 10 heavy (non-hydrogen) atoms. The van der Waals surface area contributed by atoms with E-state index in [0.717, 1.165) is 0 Å². The molecule has 0 atom stereocenters. The van der Waals surface area contributed by atoms with Gasteiger partial charge in [-0.1, -0.05) is 24.3 Å². The summed E-state index contributed by atoms with van der Waals surface area (Å²) >= 11 is 0. The summed E-state index contributed by atoms with van der Waals surface area (Å²) in [6, 6.07) is 8.48. The van der Waals surface area contributed by atoms with Crippen molar-refractivity contribution in [3.05, 3.63) is 24.3 Å². The van der Waals surface area contributed by atoms with Crippen LogP contribution in [0.2, 0.25) is 0 Å². The van der Waals surface area contributed by atoms with Gasteiger partial charge in [0.05, 0.1) is 0 Å². The molecule has 0 aliphatic heterocycles. The molecule has 0 bridgehead atoms. The van der Waals surface area contributed by atoms with Crippen molar-refractivity contribution in [2.45, 2.75) is 0 Å². The van der Waals surface area contributed by atoms with E-state index >= 15 is 0 Å². The van der Waals surface area contributed by atoms with Crippen molar-refractivity contribution < 1.29 is 0 Å². The van der Waals surface area contributed by atoms with Crippen molar-refractivity contribution in [3.8, 4) is 11.1 Å². The minimum atomic E-state index is -0.333. The van der Waals surface area contributed by atoms with Gasteiger partial charge in [-0.2, -0.15) is 0 Å². The van der Waals surface area contributed by atoms with E-state index in [1.807, 2.05) is 0 Å². The molecule has 52 valence electrons. The maximum Gasteiger partial charge on any atom is 0.183 e. The number of fused-ring (bicyclic) bond motifs is 1. The number of rotatable bonds is 0. The van der Waals surface area contributed by atoms with E-state index in [-0.39, 0.29) is 5.96 Å². The van der Waals surface area contributed by atoms with E-state index in [1.165, 1.54) is 11.1 Å². The molecule has 0 saturated heterocycles. The van der Waals surface area contributed by atoms with Gasteiger partial charge in [0, 0.05) is 0 Å². The first kappa shape index (κ1) is 6.61. The van der Waals surface area contributed by atoms with Gasteiger partial charge in [0.1, 0.15) is 0 Å². The maximum absolute atomic E-state index is 6.06. The molecule has 0 unspecified atom stereocenters. The molecule has 0 amide bonds. The van der Waals surface area contributed by atoms with Crippen LogP contribution >= 0.6 is 0 Å². The van der Waals surface area contributed by atoms with Crippen LogP contribution in [-0.4, -0.2) is 5.96 Å². The highest BCUT2D eigenvalue weighted by Gasteiger charge is 2.03. The molecule has 0 heterocycles. The second-order valence-electron chi connectivity index (χ2n) is 2.03. The SMILES string of the molecule is N=C(N)N.c1cc2ccc1-2. The Balaban J connectivity index is 0.000000112. The van der Waals surface area contributed by atoms with Crippen LogP contribution in [0.15, 0.2) is 24.3 Å². The topological polar surface area (TPSA) is 75.9 Å². The number of benzene rings is 1. The molecule has 5 N–H and O–H groups in total. The molecule has 3 heteroatoms. The number of hydrogen-bond acceptors (Lipinski definition) is 1. The third-order valence-corrected chi connectivity index (χ3v) is 1.22. The van der Waals surface area contributed by atoms with Crippen LogP contribution < -0.4 is 11.5 Å². The van der Waals surface area contributed by atoms with Crippen LogP contribution in [0, 0.1) is 5.41 Å². The van der Waals surface area contributed by atoms with Crippen LogP contribution in [0.25, 0.3) is 11.1 Å². The van der Waals surface area contributed by atoms with E-state index in [4.69, 9.17) is 5.41 Å². The summed E-state index contributed by atoms with van der Waals surface area (Å²) < 4.78 is 0. The Hall–Kier alpha value is -1.51. The van der Waals surface area contributed by atoms with Gasteiger partial charge in [-0.25, -0.2) is 0 Å². The van der Waals surface area contributed by atoms with E-state index in [1.54, 1.807) is 0 Å². The van der Waals surface area contributed by atoms with Gasteiger partial charge in [-0.3, -0.25) is 5.41 Å². The standard InChI is InChI=1S/C6H4.CH5N3/c1-2-6-4-3-5(1)6;2-1(3)4/h1-4H;(H5,2,3,4). The van der Waals surface area contributed by atoms with Crippen LogP contribution in [0.5, 0.6) is 0 Å². The lowest BCUT2D eigenvalue weighted by molar-refractivity contribution is 1.39. The molecule has 2 rings (SSSR count). The lowest BCUT2D eigenvalue weighted by Crippen LogP contribution is -2.20. The molecule has 0 fully saturated rings. The fourth-order valence-electron chi connectivity index (χ4n) is 0.663. The van der Waals surface area contributed by atoms with Crippen LogP contribution in [0.1, 0.15) is 0 Å². The predicted molar refractivity (Wildman–Crippen MR) is 41.5 cm³/mol. The fraction of sp³-hybridized carbons (Fsp3) is 0. The van der Waals surface area contributed by atoms with Crippen LogP contribution in [-0.2, 0) is 0 Å². The second kappa shape index (κ2) is 2.39. The van der Waals surface area contributed by atoms with Crippen molar-refractivity contribution in [1.29, 1.82) is 5.41 Å². The molecule has 0 saturated carbocycles. The molecule has 2 aliphatic rings. The number of nitrogens with two attached hydrogens (primary N) is 2. The van der Waals surface area contributed by atoms with E-state index in [0.29, 0.717) is 0 Å². The fourth-order valence-corrected chi connectivity index (χ4v) is 0.663. The summed E-state index contributed by atoms with van der Waals surface area (Å²) in [4.78, 5) is 0. The van der Waals surface area contributed by atoms with Gasteiger partial charge in [0.25, 0.3) is 0 Å². The van der Waals surface area contributed by atoms with E-state index in [2.05, 4.69) is 35.7 Å². The Labute approximate surface area is 59.2 Å². The summed E-state index contributed by atoms with van der Waals surface area (Å²) in [5, 5.41) is 6.06. The lowest BCUT2D eigenvalue weighted by Gasteiger charge is -2.10. The van der Waals surface area contributed by atoms with Gasteiger partial charge in [-0.15, -0.1) is 0 Å². The predicted octanol–water partition coefficient (Wildman–Crippen LogP) is 0.506. The molecule has 2 aliphatic carbocycles. The molecular formula is C7H9N3. The van der Waals surface area contributed by atoms with Crippen molar-refractivity contribution in [1.82, 2.24) is 0 Å². The van der Waals surface area contributed by atoms with Crippen molar-refractivity contribution in [2.24, 2.45) is 11.5 Å². The summed E-state index contributed by atoms with van der Waals surface area (Å²) in [7, 11) is 0. The second-order valence-corrected chi connectivity index (χ2v) is 2.03. The largest absolute Gasteiger partial charge is 0.370 e. The van der Waals surface area contributed by atoms with Gasteiger partial charge < -0.3 is 11.5 Å². The average Bonchev–Trinajstić information content (AvgIpc) is 1.77. The Bertz CT molecular complexity index is 213. The molecule has 3 nitrogen and oxygen atoms in total. The highest BCUT2D eigenvalue weighted by atomic mass is 14.9. The first-order chi connectivity index (χ1) is 4.70. The number of hydrogen-bond donors (Lipinski definition) is 3. The maximum atomic E-state index is 6.06. The summed E-state index contributed by atoms with van der Waals surface area (Å²) in [5.41, 5.74) is 11.8. The summed E-state index contributed by atoms with van der Waals surface area (Å²) in [6.07, 6.45) is 0. The summed E-state index contributed by atoms with van der Waals surface area (Å²) in [6.45, 7) is 0. The smallest absolute Gasteiger partial charge is 0.183 e. The number of nitrogens with one attached hydrogen (secondary N) is 1. The first-order valence-corrected chi connectivity index (χ1v) is 2.90. The van der Waals surface area contributed by atoms with E-state index < -0.39 is 0 Å². The molecular weight excluding hydrogens is 126 g/mol. The van der Waals surface area contributed by atoms with Crippen LogP contribution in [0.3, 0.4) is 0 Å². The Kier molecular flexibility index (Phi) is 1.58. The Morgan fingerprint density at radius 1 is 1.00 bits per heavy atom. The lowest BCUT2D eigenvalue weighted by atomic mass is 9.95. The minimum Gasteiger partial charge on any atom is -0.370 e. The number of guanidine groups is 1. The van der Waals surface area contributed by atoms with Gasteiger partial charge >= 0.3 is 0 Å².